The van der Waals surface area contributed by atoms with Crippen molar-refractivity contribution >= 4 is 30.6 Å². The Morgan fingerprint density at radius 3 is 1.69 bits per heavy atom. The lowest BCUT2D eigenvalue weighted by molar-refractivity contribution is 0.138. The van der Waals surface area contributed by atoms with E-state index in [9.17, 15) is 5.11 Å². The highest BCUT2D eigenvalue weighted by atomic mass is 28.4. The minimum Gasteiger partial charge on any atom is -0.394 e. The van der Waals surface area contributed by atoms with Gasteiger partial charge in [0.2, 0.25) is 0 Å². The highest BCUT2D eigenvalue weighted by Gasteiger charge is 2.38. The molecule has 0 spiro atoms. The third-order valence-electron chi connectivity index (χ3n) is 4.48. The van der Waals surface area contributed by atoms with Crippen LogP contribution in [0.1, 0.15) is 0 Å². The summed E-state index contributed by atoms with van der Waals surface area (Å²) in [6, 6.07) is 10.2. The fraction of sp³-hybridized carbons (Fsp3) is 0.412. The summed E-state index contributed by atoms with van der Waals surface area (Å²) in [5, 5.41) is 10.9. The molecule has 1 aromatic carbocycles. The Bertz CT molecular complexity index is 539. The Kier molecular flexibility index (Phi) is 9.30. The Morgan fingerprint density at radius 2 is 1.27 bits per heavy atom. The molecule has 146 valence electrons. The normalized spacial score (nSPS) is 15.7. The van der Waals surface area contributed by atoms with Crippen molar-refractivity contribution in [2.24, 2.45) is 0 Å². The molecule has 0 bridgehead atoms. The molecular weight excluding hydrogens is 384 g/mol. The van der Waals surface area contributed by atoms with Crippen molar-refractivity contribution in [1.82, 2.24) is 0 Å². The van der Waals surface area contributed by atoms with Crippen molar-refractivity contribution in [1.29, 1.82) is 0 Å². The molecule has 6 nitrogen and oxygen atoms in total. The van der Waals surface area contributed by atoms with Gasteiger partial charge in [-0.2, -0.15) is 0 Å². The van der Waals surface area contributed by atoms with Gasteiger partial charge in [-0.25, -0.2) is 0 Å². The van der Waals surface area contributed by atoms with E-state index < -0.39 is 25.4 Å². The number of aliphatic hydroxyl groups excluding tert-OH is 1. The molecule has 1 rings (SSSR count). The second kappa shape index (κ2) is 10.4. The molecule has 0 heterocycles. The van der Waals surface area contributed by atoms with Crippen LogP contribution in [-0.4, -0.2) is 72.3 Å². The van der Waals surface area contributed by atoms with Crippen molar-refractivity contribution in [3.63, 3.8) is 0 Å². The maximum atomic E-state index is 9.72. The zero-order chi connectivity index (χ0) is 19.7. The summed E-state index contributed by atoms with van der Waals surface area (Å²) < 4.78 is 27.5. The summed E-state index contributed by atoms with van der Waals surface area (Å²) in [4.78, 5) is 0. The first-order valence-electron chi connectivity index (χ1n) is 8.21. The first-order valence-corrected chi connectivity index (χ1v) is 14.8. The third-order valence-corrected chi connectivity index (χ3v) is 13.2. The van der Waals surface area contributed by atoms with Crippen LogP contribution in [0.3, 0.4) is 0 Å². The zero-order valence-electron chi connectivity index (χ0n) is 16.4. The van der Waals surface area contributed by atoms with Gasteiger partial charge in [0.05, 0.1) is 6.23 Å². The summed E-state index contributed by atoms with van der Waals surface area (Å²) in [5.41, 5.74) is 8.07. The molecule has 1 N–H and O–H groups in total. The lowest BCUT2D eigenvalue weighted by Gasteiger charge is -2.26. The van der Waals surface area contributed by atoms with Crippen LogP contribution in [0.15, 0.2) is 53.1 Å². The fourth-order valence-corrected chi connectivity index (χ4v) is 10.2. The molecule has 9 heteroatoms. The highest BCUT2D eigenvalue weighted by molar-refractivity contribution is 7.00. The van der Waals surface area contributed by atoms with Gasteiger partial charge >= 0.3 is 17.4 Å². The first-order chi connectivity index (χ1) is 12.4. The van der Waals surface area contributed by atoms with Crippen molar-refractivity contribution in [3.8, 4) is 0 Å². The zero-order valence-corrected chi connectivity index (χ0v) is 19.4. The van der Waals surface area contributed by atoms with Crippen molar-refractivity contribution in [3.05, 3.63) is 53.1 Å². The summed E-state index contributed by atoms with van der Waals surface area (Å²) in [7, 11) is 0.0224. The maximum Gasteiger partial charge on any atom is 0.528 e. The minimum atomic E-state index is -2.84. The molecule has 0 saturated carbocycles. The number of hydrogen-bond acceptors (Lipinski definition) is 6. The van der Waals surface area contributed by atoms with Crippen LogP contribution >= 0.6 is 0 Å². The van der Waals surface area contributed by atoms with E-state index in [0.29, 0.717) is 0 Å². The van der Waals surface area contributed by atoms with E-state index in [0.717, 1.165) is 0 Å². The van der Waals surface area contributed by atoms with Gasteiger partial charge in [0.15, 0.2) is 0 Å². The van der Waals surface area contributed by atoms with E-state index in [-0.39, 0.29) is 6.23 Å². The summed E-state index contributed by atoms with van der Waals surface area (Å²) in [6.07, 6.45) is -0.146. The number of aliphatic hydroxyl groups is 1. The van der Waals surface area contributed by atoms with E-state index in [1.807, 2.05) is 29.6 Å². The molecule has 26 heavy (non-hydrogen) atoms. The largest absolute Gasteiger partial charge is 0.528 e. The molecule has 0 aliphatic heterocycles. The van der Waals surface area contributed by atoms with E-state index in [1.165, 1.54) is 5.19 Å². The van der Waals surface area contributed by atoms with Crippen molar-refractivity contribution < 1.29 is 27.2 Å². The van der Waals surface area contributed by atoms with Crippen LogP contribution in [0.25, 0.3) is 0 Å². The molecule has 0 fully saturated rings. The van der Waals surface area contributed by atoms with Crippen molar-refractivity contribution in [2.45, 2.75) is 6.55 Å². The average Bonchev–Trinajstić information content (AvgIpc) is 2.71. The molecule has 1 aromatic rings. The fourth-order valence-electron chi connectivity index (χ4n) is 2.48. The Labute approximate surface area is 159 Å². The van der Waals surface area contributed by atoms with Crippen LogP contribution in [0.2, 0.25) is 6.55 Å². The van der Waals surface area contributed by atoms with E-state index in [4.69, 9.17) is 22.1 Å². The minimum absolute atomic E-state index is 0.146. The standard InChI is InChI=1S/C17H30O6Si3/c1-19-25(16-18,20-2)14-12-24(6,17-10-8-7-9-11-17)13-15-26(21-3,22-4)23-5/h7-15,18H,16H2,1-6H3. The highest BCUT2D eigenvalue weighted by Crippen LogP contribution is 2.16. The topological polar surface area (TPSA) is 66.4 Å². The van der Waals surface area contributed by atoms with Gasteiger partial charge in [-0.05, 0) is 11.4 Å². The molecular formula is C17H30O6Si3. The van der Waals surface area contributed by atoms with Gasteiger partial charge in [0, 0.05) is 35.5 Å². The molecule has 0 aliphatic carbocycles. The molecule has 0 aromatic heterocycles. The quantitative estimate of drug-likeness (QED) is 0.552. The number of benzene rings is 1. The maximum absolute atomic E-state index is 9.72. The van der Waals surface area contributed by atoms with Crippen LogP contribution < -0.4 is 5.19 Å². The second-order valence-electron chi connectivity index (χ2n) is 5.91. The second-order valence-corrected chi connectivity index (χ2v) is 15.6. The van der Waals surface area contributed by atoms with Crippen LogP contribution in [0.4, 0.5) is 0 Å². The first kappa shape index (κ1) is 23.2. The number of hydrogen-bond donors (Lipinski definition) is 1. The van der Waals surface area contributed by atoms with Crippen LogP contribution in [0.5, 0.6) is 0 Å². The summed E-state index contributed by atoms with van der Waals surface area (Å²) in [6.45, 7) is 2.19. The average molecular weight is 415 g/mol. The van der Waals surface area contributed by atoms with E-state index in [2.05, 4.69) is 30.1 Å². The Balaban J connectivity index is 3.37. The Morgan fingerprint density at radius 1 is 0.769 bits per heavy atom. The lowest BCUT2D eigenvalue weighted by Crippen LogP contribution is -2.48. The third kappa shape index (κ3) is 5.55. The molecule has 0 saturated heterocycles. The van der Waals surface area contributed by atoms with E-state index >= 15 is 0 Å². The predicted molar refractivity (Wildman–Crippen MR) is 110 cm³/mol. The van der Waals surface area contributed by atoms with Gasteiger partial charge in [0.1, 0.15) is 8.07 Å². The predicted octanol–water partition coefficient (Wildman–Crippen LogP) is 1.39. The summed E-state index contributed by atoms with van der Waals surface area (Å²) >= 11 is 0. The SMILES string of the molecule is CO[Si](C=C[Si](C)(C=C[Si](OC)(OC)OC)c1ccccc1)(CO)OC. The van der Waals surface area contributed by atoms with Gasteiger partial charge in [-0.3, -0.25) is 0 Å². The van der Waals surface area contributed by atoms with Crippen molar-refractivity contribution in [2.75, 3.05) is 41.8 Å². The summed E-state index contributed by atoms with van der Waals surface area (Å²) in [5.74, 6) is 0. The molecule has 0 radical (unpaired) electrons. The van der Waals surface area contributed by atoms with Crippen LogP contribution in [-0.2, 0) is 22.1 Å². The molecule has 1 atom stereocenters. The van der Waals surface area contributed by atoms with Gasteiger partial charge in [0.25, 0.3) is 0 Å². The van der Waals surface area contributed by atoms with Gasteiger partial charge in [-0.1, -0.05) is 53.5 Å². The lowest BCUT2D eigenvalue weighted by atomic mass is 10.4. The smallest absolute Gasteiger partial charge is 0.394 e. The molecule has 0 amide bonds. The van der Waals surface area contributed by atoms with Gasteiger partial charge < -0.3 is 27.2 Å². The molecule has 1 unspecified atom stereocenters. The van der Waals surface area contributed by atoms with E-state index in [1.54, 1.807) is 35.5 Å². The van der Waals surface area contributed by atoms with Gasteiger partial charge in [-0.15, -0.1) is 0 Å². The monoisotopic (exact) mass is 414 g/mol. The molecule has 0 aliphatic rings. The number of rotatable bonds is 11. The van der Waals surface area contributed by atoms with Crippen LogP contribution in [0, 0.1) is 0 Å². The Hall–Kier alpha value is -0.889.